The molecule has 8 nitrogen and oxygen atoms in total. The summed E-state index contributed by atoms with van der Waals surface area (Å²) in [6.07, 6.45) is 7.71. The Labute approximate surface area is 419 Å². The summed E-state index contributed by atoms with van der Waals surface area (Å²) in [5.41, 5.74) is 7.73. The molecule has 0 aliphatic heterocycles. The van der Waals surface area contributed by atoms with Gasteiger partial charge in [0.1, 0.15) is 0 Å². The topological polar surface area (TPSA) is 115 Å². The van der Waals surface area contributed by atoms with E-state index >= 15 is 0 Å². The van der Waals surface area contributed by atoms with Crippen LogP contribution in [0.3, 0.4) is 0 Å². The normalized spacial score (nSPS) is 19.5. The van der Waals surface area contributed by atoms with Crippen molar-refractivity contribution < 1.29 is 227 Å². The van der Waals surface area contributed by atoms with Gasteiger partial charge >= 0.3 is 186 Å². The van der Waals surface area contributed by atoms with Crippen LogP contribution in [0.15, 0.2) is 6.08 Å². The summed E-state index contributed by atoms with van der Waals surface area (Å²) >= 11 is 0. The molecule has 0 spiro atoms. The Morgan fingerprint density at radius 1 is 0.720 bits per heavy atom. The van der Waals surface area contributed by atoms with E-state index in [0.717, 1.165) is 25.7 Å². The SMILES string of the molecule is CCCC1C([BH-](F)F)[C@@H]1C(=O)OCC.CCCC1C([BH-](F)F)[C@H]1C(=O)OCC.CCOC(=O)C=[N+]=[N-].F.F.FB(F)F.[CH-]=CCCC.[K+].[K+].[K+]. The van der Waals surface area contributed by atoms with Gasteiger partial charge in [0.2, 0.25) is 0 Å². The number of hydrogen-bond acceptors (Lipinski definition) is 6. The molecule has 2 fully saturated rings. The zero-order valence-corrected chi connectivity index (χ0v) is 40.2. The number of ether oxygens (including phenoxy) is 3. The van der Waals surface area contributed by atoms with E-state index in [1.807, 2.05) is 13.8 Å². The van der Waals surface area contributed by atoms with E-state index in [0.29, 0.717) is 25.7 Å². The van der Waals surface area contributed by atoms with Crippen molar-refractivity contribution in [3.63, 3.8) is 0 Å². The molecule has 2 aliphatic rings. The molecule has 4 unspecified atom stereocenters. The summed E-state index contributed by atoms with van der Waals surface area (Å²) in [5.74, 6) is -4.08. The largest absolute Gasteiger partial charge is 1.00 e. The minimum atomic E-state index is -3.67. The third-order valence-electron chi connectivity index (χ3n) is 6.64. The average molecular weight is 818 g/mol. The standard InChI is InChI=1S/2C9H16BF2O2.C5H9.C4H6N2O2.BF3.2FH.3K/c2*1-3-5-6-7(8(6)10(11)12)9(13)14-4-2;1-3-5-4-2;1-2-8-4(7)3-6-5;2-1(3)4;;;;;/h2*6-8,10H,3-5H2,1-2H3;1,3H,4-5H2,2H3;3H,2H2,1H3;;2*1H;;;/q3*-1;;;;;3*+1/t2*6?,7-,8?;;;;;;;;/m10......../s1. The van der Waals surface area contributed by atoms with Crippen molar-refractivity contribution in [1.29, 1.82) is 0 Å². The number of halogens is 9. The van der Waals surface area contributed by atoms with Crippen LogP contribution in [0.5, 0.6) is 0 Å². The fourth-order valence-corrected chi connectivity index (χ4v) is 4.76. The maximum absolute atomic E-state index is 12.5. The van der Waals surface area contributed by atoms with Crippen LogP contribution in [-0.4, -0.2) is 70.8 Å². The van der Waals surface area contributed by atoms with Gasteiger partial charge in [-0.2, -0.15) is 4.79 Å². The number of rotatable bonds is 14. The van der Waals surface area contributed by atoms with E-state index in [1.165, 1.54) is 0 Å². The molecule has 2 saturated carbocycles. The van der Waals surface area contributed by atoms with Crippen molar-refractivity contribution >= 4 is 46.2 Å². The summed E-state index contributed by atoms with van der Waals surface area (Å²) in [6, 6.07) is 0. The molecule has 0 aromatic carbocycles. The van der Waals surface area contributed by atoms with Crippen LogP contribution < -0.4 is 154 Å². The van der Waals surface area contributed by atoms with Crippen LogP contribution in [0.4, 0.5) is 39.6 Å². The predicted molar refractivity (Wildman–Crippen MR) is 167 cm³/mol. The van der Waals surface area contributed by atoms with E-state index in [9.17, 15) is 44.6 Å². The molecular formula is C27H49B3F9K3N2O6. The van der Waals surface area contributed by atoms with Gasteiger partial charge in [-0.3, -0.25) is 38.0 Å². The molecule has 0 N–H and O–H groups in total. The van der Waals surface area contributed by atoms with Crippen molar-refractivity contribution in [3.05, 3.63) is 18.2 Å². The van der Waals surface area contributed by atoms with Crippen molar-refractivity contribution in [2.24, 2.45) is 23.7 Å². The van der Waals surface area contributed by atoms with Gasteiger partial charge in [-0.1, -0.05) is 82.8 Å². The third-order valence-corrected chi connectivity index (χ3v) is 6.64. The second kappa shape index (κ2) is 45.4. The first kappa shape index (κ1) is 69.9. The molecule has 0 heterocycles. The van der Waals surface area contributed by atoms with Gasteiger partial charge in [-0.25, -0.2) is 4.79 Å². The van der Waals surface area contributed by atoms with E-state index in [-0.39, 0.29) is 189 Å². The van der Waals surface area contributed by atoms with Crippen LogP contribution in [0, 0.1) is 30.3 Å². The zero-order chi connectivity index (χ0) is 35.5. The first-order valence-electron chi connectivity index (χ1n) is 15.3. The zero-order valence-electron chi connectivity index (χ0n) is 30.9. The maximum atomic E-state index is 12.5. The molecule has 50 heavy (non-hydrogen) atoms. The van der Waals surface area contributed by atoms with Gasteiger partial charge in [0, 0.05) is 11.8 Å². The average Bonchev–Trinajstić information content (AvgIpc) is 3.85. The number of unbranched alkanes of at least 4 members (excludes halogenated alkanes) is 1. The van der Waals surface area contributed by atoms with Crippen molar-refractivity contribution in [2.75, 3.05) is 19.8 Å². The third kappa shape index (κ3) is 35.7. The number of allylic oxidation sites excluding steroid dienone is 1. The Morgan fingerprint density at radius 3 is 1.22 bits per heavy atom. The first-order chi connectivity index (χ1) is 21.2. The van der Waals surface area contributed by atoms with Gasteiger partial charge in [0.05, 0.1) is 19.8 Å². The van der Waals surface area contributed by atoms with Crippen molar-refractivity contribution in [1.82, 2.24) is 0 Å². The van der Waals surface area contributed by atoms with E-state index in [1.54, 1.807) is 26.8 Å². The molecule has 0 amide bonds. The number of carbonyl (C=O) groups is 3. The van der Waals surface area contributed by atoms with Gasteiger partial charge in [0.15, 0.2) is 0 Å². The molecule has 0 saturated heterocycles. The number of esters is 3. The molecule has 2 rings (SSSR count). The molecule has 0 aromatic heterocycles. The maximum Gasteiger partial charge on any atom is 1.00 e. The molecule has 0 aromatic rings. The van der Waals surface area contributed by atoms with Crippen molar-refractivity contribution in [2.45, 2.75) is 91.7 Å². The predicted octanol–water partition coefficient (Wildman–Crippen LogP) is -1.93. The minimum absolute atomic E-state index is 0. The van der Waals surface area contributed by atoms with E-state index in [4.69, 9.17) is 21.6 Å². The Morgan fingerprint density at radius 2 is 1.04 bits per heavy atom. The first-order valence-corrected chi connectivity index (χ1v) is 15.3. The van der Waals surface area contributed by atoms with Crippen LogP contribution in [0.25, 0.3) is 5.53 Å². The second-order valence-corrected chi connectivity index (χ2v) is 9.88. The molecule has 6 atom stereocenters. The fourth-order valence-electron chi connectivity index (χ4n) is 4.76. The van der Waals surface area contributed by atoms with Crippen LogP contribution in [0.2, 0.25) is 11.6 Å². The van der Waals surface area contributed by atoms with Gasteiger partial charge in [0.25, 0.3) is 14.5 Å². The van der Waals surface area contributed by atoms with Crippen LogP contribution >= 0.6 is 0 Å². The van der Waals surface area contributed by atoms with Crippen LogP contribution in [0.1, 0.15) is 80.1 Å². The Balaban J connectivity index is -0.0000000769. The minimum Gasteiger partial charge on any atom is -0.518 e. The molecular weight excluding hydrogens is 769 g/mol. The van der Waals surface area contributed by atoms with E-state index in [2.05, 4.69) is 16.5 Å². The summed E-state index contributed by atoms with van der Waals surface area (Å²) < 4.78 is 92.9. The van der Waals surface area contributed by atoms with Gasteiger partial charge in [-0.15, -0.1) is 0 Å². The fraction of sp³-hybridized carbons (Fsp3) is 0.778. The Bertz CT molecular complexity index is 849. The molecule has 0 bridgehead atoms. The number of hydrogen-bond donors (Lipinski definition) is 0. The smallest absolute Gasteiger partial charge is 0.518 e. The quantitative estimate of drug-likeness (QED) is 0.0295. The second-order valence-electron chi connectivity index (χ2n) is 9.88. The molecule has 2 aliphatic carbocycles. The number of nitrogens with zero attached hydrogens (tertiary/aromatic N) is 2. The Hall–Kier alpha value is 2.00. The summed E-state index contributed by atoms with van der Waals surface area (Å²) in [7, 11) is -9.97. The monoisotopic (exact) mass is 818 g/mol. The van der Waals surface area contributed by atoms with Crippen molar-refractivity contribution in [3.8, 4) is 0 Å². The van der Waals surface area contributed by atoms with E-state index < -0.39 is 63.5 Å². The molecule has 0 radical (unpaired) electrons. The Kier molecular flexibility index (Phi) is 63.4. The summed E-state index contributed by atoms with van der Waals surface area (Å²) in [6.45, 7) is 16.9. The van der Waals surface area contributed by atoms with Gasteiger partial charge < -0.3 is 43.6 Å². The molecule has 278 valence electrons. The van der Waals surface area contributed by atoms with Gasteiger partial charge in [-0.05, 0) is 20.8 Å². The molecule has 23 heteroatoms. The summed E-state index contributed by atoms with van der Waals surface area (Å²) in [4.78, 5) is 35.1. The number of carbonyl (C=O) groups excluding carboxylic acids is 3. The summed E-state index contributed by atoms with van der Waals surface area (Å²) in [5, 5.41) is 0. The van der Waals surface area contributed by atoms with Crippen LogP contribution in [-0.2, 0) is 28.6 Å².